The molecule has 0 aliphatic carbocycles. The number of benzene rings is 2. The molecule has 1 aliphatic heterocycles. The number of para-hydroxylation sites is 1. The molecule has 3 aromatic rings. The van der Waals surface area contributed by atoms with Crippen molar-refractivity contribution < 1.29 is 18.7 Å². The predicted octanol–water partition coefficient (Wildman–Crippen LogP) is 3.09. The number of piperazine rings is 1. The summed E-state index contributed by atoms with van der Waals surface area (Å²) in [7, 11) is 1.59. The number of rotatable bonds is 4. The Morgan fingerprint density at radius 2 is 1.79 bits per heavy atom. The Kier molecular flexibility index (Phi) is 5.15. The number of hydrogen-bond acceptors (Lipinski definition) is 5. The second-order valence-electron chi connectivity index (χ2n) is 7.35. The van der Waals surface area contributed by atoms with Crippen molar-refractivity contribution in [2.75, 3.05) is 38.6 Å². The Morgan fingerprint density at radius 3 is 2.48 bits per heavy atom. The number of methoxy groups -OCH3 is 1. The first kappa shape index (κ1) is 19.3. The fourth-order valence-corrected chi connectivity index (χ4v) is 3.85. The molecule has 0 spiro atoms. The van der Waals surface area contributed by atoms with Gasteiger partial charge in [-0.1, -0.05) is 18.2 Å². The maximum Gasteiger partial charge on any atom is 0.241 e. The summed E-state index contributed by atoms with van der Waals surface area (Å²) in [4.78, 5) is 28.3. The molecule has 2 aromatic carbocycles. The van der Waals surface area contributed by atoms with E-state index in [0.717, 1.165) is 16.4 Å². The molecule has 0 saturated carbocycles. The third-order valence-electron chi connectivity index (χ3n) is 5.64. The van der Waals surface area contributed by atoms with Gasteiger partial charge < -0.3 is 19.4 Å². The van der Waals surface area contributed by atoms with E-state index in [2.05, 4.69) is 10.2 Å². The van der Waals surface area contributed by atoms with Gasteiger partial charge in [-0.3, -0.25) is 14.5 Å². The summed E-state index contributed by atoms with van der Waals surface area (Å²) < 4.78 is 11.5. The van der Waals surface area contributed by atoms with Crippen LogP contribution in [-0.2, 0) is 9.59 Å². The molecule has 7 heteroatoms. The summed E-state index contributed by atoms with van der Waals surface area (Å²) in [5.41, 5.74) is 2.08. The molecular weight excluding hydrogens is 370 g/mol. The van der Waals surface area contributed by atoms with Gasteiger partial charge in [0.05, 0.1) is 18.8 Å². The molecule has 1 atom stereocenters. The van der Waals surface area contributed by atoms with Crippen molar-refractivity contribution in [1.29, 1.82) is 0 Å². The van der Waals surface area contributed by atoms with Gasteiger partial charge in [-0.25, -0.2) is 0 Å². The van der Waals surface area contributed by atoms with E-state index in [1.54, 1.807) is 18.9 Å². The molecule has 1 aliphatic rings. The van der Waals surface area contributed by atoms with Crippen LogP contribution in [-0.4, -0.2) is 60.9 Å². The predicted molar refractivity (Wildman–Crippen MR) is 112 cm³/mol. The minimum Gasteiger partial charge on any atom is -0.495 e. The van der Waals surface area contributed by atoms with E-state index in [0.29, 0.717) is 43.2 Å². The number of carbonyl (C=O) groups is 2. The molecule has 1 N–H and O–H groups in total. The quantitative estimate of drug-likeness (QED) is 0.735. The molecule has 1 aromatic heterocycles. The Labute approximate surface area is 169 Å². The van der Waals surface area contributed by atoms with Crippen LogP contribution < -0.4 is 10.1 Å². The van der Waals surface area contributed by atoms with Crippen LogP contribution in [0.4, 0.5) is 5.69 Å². The van der Waals surface area contributed by atoms with Crippen molar-refractivity contribution in [1.82, 2.24) is 9.80 Å². The lowest BCUT2D eigenvalue weighted by molar-refractivity contribution is -0.131. The van der Waals surface area contributed by atoms with Gasteiger partial charge in [-0.05, 0) is 19.1 Å². The Hall–Kier alpha value is -3.06. The van der Waals surface area contributed by atoms with Crippen molar-refractivity contribution in [3.8, 4) is 5.75 Å². The molecule has 4 rings (SSSR count). The van der Waals surface area contributed by atoms with Crippen molar-refractivity contribution in [3.63, 3.8) is 0 Å². The lowest BCUT2D eigenvalue weighted by Crippen LogP contribution is -2.53. The number of ether oxygens (including phenoxy) is 1. The van der Waals surface area contributed by atoms with Gasteiger partial charge in [-0.2, -0.15) is 0 Å². The summed E-state index contributed by atoms with van der Waals surface area (Å²) in [6.07, 6.45) is 0. The molecule has 0 unspecified atom stereocenters. The van der Waals surface area contributed by atoms with Crippen molar-refractivity contribution in [2.45, 2.75) is 19.9 Å². The zero-order valence-electron chi connectivity index (χ0n) is 16.9. The molecular formula is C22H25N3O4. The second kappa shape index (κ2) is 7.75. The van der Waals surface area contributed by atoms with Crippen LogP contribution in [0.1, 0.15) is 13.8 Å². The molecule has 1 saturated heterocycles. The fourth-order valence-electron chi connectivity index (χ4n) is 3.85. The van der Waals surface area contributed by atoms with Crippen LogP contribution in [0.5, 0.6) is 5.75 Å². The molecule has 29 heavy (non-hydrogen) atoms. The van der Waals surface area contributed by atoms with Crippen LogP contribution in [0.3, 0.4) is 0 Å². The van der Waals surface area contributed by atoms with E-state index in [1.165, 1.54) is 0 Å². The third-order valence-corrected chi connectivity index (χ3v) is 5.64. The van der Waals surface area contributed by atoms with Crippen LogP contribution in [0.2, 0.25) is 0 Å². The van der Waals surface area contributed by atoms with Crippen molar-refractivity contribution >= 4 is 39.4 Å². The van der Waals surface area contributed by atoms with Gasteiger partial charge in [0.1, 0.15) is 16.9 Å². The highest BCUT2D eigenvalue weighted by Crippen LogP contribution is 2.36. The Balaban J connectivity index is 1.54. The van der Waals surface area contributed by atoms with E-state index >= 15 is 0 Å². The molecule has 2 amide bonds. The molecule has 152 valence electrons. The standard InChI is InChI=1S/C22H25N3O4/c1-14(24-8-10-25(11-9-24)15(2)26)22(27)23-18-13-20-17(12-21(18)28-3)16-6-4-5-7-19(16)29-20/h4-7,12-14H,8-11H2,1-3H3,(H,23,27)/t14-/m0/s1. The Bertz CT molecular complexity index is 1070. The zero-order chi connectivity index (χ0) is 20.5. The molecule has 0 radical (unpaired) electrons. The first-order valence-corrected chi connectivity index (χ1v) is 9.77. The summed E-state index contributed by atoms with van der Waals surface area (Å²) in [6.45, 7) is 6.08. The smallest absolute Gasteiger partial charge is 0.241 e. The van der Waals surface area contributed by atoms with E-state index in [9.17, 15) is 9.59 Å². The van der Waals surface area contributed by atoms with Crippen LogP contribution in [0.25, 0.3) is 21.9 Å². The zero-order valence-corrected chi connectivity index (χ0v) is 16.9. The molecule has 2 heterocycles. The van der Waals surface area contributed by atoms with Gasteiger partial charge in [0, 0.05) is 49.9 Å². The van der Waals surface area contributed by atoms with Crippen LogP contribution in [0, 0.1) is 0 Å². The summed E-state index contributed by atoms with van der Waals surface area (Å²) in [6, 6.07) is 11.2. The average Bonchev–Trinajstić information content (AvgIpc) is 3.09. The minimum absolute atomic E-state index is 0.0747. The minimum atomic E-state index is -0.319. The maximum absolute atomic E-state index is 12.9. The van der Waals surface area contributed by atoms with E-state index in [4.69, 9.17) is 9.15 Å². The number of nitrogens with one attached hydrogen (secondary N) is 1. The number of carbonyl (C=O) groups excluding carboxylic acids is 2. The first-order valence-electron chi connectivity index (χ1n) is 9.77. The van der Waals surface area contributed by atoms with Crippen molar-refractivity contribution in [2.24, 2.45) is 0 Å². The maximum atomic E-state index is 12.9. The number of nitrogens with zero attached hydrogens (tertiary/aromatic N) is 2. The average molecular weight is 395 g/mol. The molecule has 1 fully saturated rings. The largest absolute Gasteiger partial charge is 0.495 e. The normalized spacial score (nSPS) is 16.2. The monoisotopic (exact) mass is 395 g/mol. The summed E-state index contributed by atoms with van der Waals surface area (Å²) in [5.74, 6) is 0.548. The third kappa shape index (κ3) is 3.65. The highest BCUT2D eigenvalue weighted by atomic mass is 16.5. The van der Waals surface area contributed by atoms with Crippen molar-refractivity contribution in [3.05, 3.63) is 36.4 Å². The van der Waals surface area contributed by atoms with Crippen LogP contribution >= 0.6 is 0 Å². The van der Waals surface area contributed by atoms with Gasteiger partial charge >= 0.3 is 0 Å². The highest BCUT2D eigenvalue weighted by molar-refractivity contribution is 6.08. The Morgan fingerprint density at radius 1 is 1.07 bits per heavy atom. The number of fused-ring (bicyclic) bond motifs is 3. The number of amides is 2. The number of furan rings is 1. The molecule has 7 nitrogen and oxygen atoms in total. The first-order chi connectivity index (χ1) is 14.0. The van der Waals surface area contributed by atoms with E-state index in [-0.39, 0.29) is 17.9 Å². The summed E-state index contributed by atoms with van der Waals surface area (Å²) >= 11 is 0. The van der Waals surface area contributed by atoms with Gasteiger partial charge in [-0.15, -0.1) is 0 Å². The number of hydrogen-bond donors (Lipinski definition) is 1. The lowest BCUT2D eigenvalue weighted by Gasteiger charge is -2.37. The van der Waals surface area contributed by atoms with Crippen LogP contribution in [0.15, 0.2) is 40.8 Å². The van der Waals surface area contributed by atoms with Gasteiger partial charge in [0.25, 0.3) is 0 Å². The fraction of sp³-hybridized carbons (Fsp3) is 0.364. The second-order valence-corrected chi connectivity index (χ2v) is 7.35. The van der Waals surface area contributed by atoms with Gasteiger partial charge in [0.15, 0.2) is 0 Å². The topological polar surface area (TPSA) is 75.0 Å². The SMILES string of the molecule is COc1cc2c(cc1NC(=O)[C@H](C)N1CCN(C(C)=O)CC1)oc1ccccc12. The van der Waals surface area contributed by atoms with E-state index < -0.39 is 0 Å². The van der Waals surface area contributed by atoms with E-state index in [1.807, 2.05) is 43.3 Å². The van der Waals surface area contributed by atoms with Gasteiger partial charge in [0.2, 0.25) is 11.8 Å². The number of anilines is 1. The summed E-state index contributed by atoms with van der Waals surface area (Å²) in [5, 5.41) is 4.94. The molecule has 0 bridgehead atoms. The highest BCUT2D eigenvalue weighted by Gasteiger charge is 2.27. The lowest BCUT2D eigenvalue weighted by atomic mass is 10.1.